The van der Waals surface area contributed by atoms with Crippen molar-refractivity contribution < 1.29 is 4.79 Å². The summed E-state index contributed by atoms with van der Waals surface area (Å²) >= 11 is 3.13. The van der Waals surface area contributed by atoms with Gasteiger partial charge in [0, 0.05) is 17.5 Å². The van der Waals surface area contributed by atoms with Crippen molar-refractivity contribution in [3.8, 4) is 0 Å². The summed E-state index contributed by atoms with van der Waals surface area (Å²) in [5, 5.41) is 4.63. The van der Waals surface area contributed by atoms with Gasteiger partial charge in [-0.1, -0.05) is 24.6 Å². The molecule has 0 spiro atoms. The van der Waals surface area contributed by atoms with E-state index in [0.717, 1.165) is 47.6 Å². The molecule has 150 valence electrons. The van der Waals surface area contributed by atoms with Crippen molar-refractivity contribution in [2.45, 2.75) is 75.4 Å². The maximum Gasteiger partial charge on any atom is 0.263 e. The van der Waals surface area contributed by atoms with Crippen LogP contribution in [-0.2, 0) is 17.6 Å². The van der Waals surface area contributed by atoms with Gasteiger partial charge >= 0.3 is 0 Å². The van der Waals surface area contributed by atoms with Crippen LogP contribution in [0.1, 0.15) is 67.8 Å². The van der Waals surface area contributed by atoms with Crippen LogP contribution in [0, 0.1) is 5.92 Å². The third-order valence-electron chi connectivity index (χ3n) is 6.30. The number of hydrogen-bond acceptors (Lipinski definition) is 5. The SMILES string of the molecule is O=C(CSc1nc2sc3c(c2c(=O)n1C1CCCC1)CCCC3)NCC1CC1. The number of nitrogens with one attached hydrogen (secondary N) is 1. The molecule has 0 radical (unpaired) electrons. The molecule has 28 heavy (non-hydrogen) atoms. The van der Waals surface area contributed by atoms with Crippen LogP contribution < -0.4 is 10.9 Å². The average Bonchev–Trinajstić information content (AvgIpc) is 3.22. The molecule has 2 heterocycles. The van der Waals surface area contributed by atoms with Crippen LogP contribution in [0.2, 0.25) is 0 Å². The van der Waals surface area contributed by atoms with Crippen LogP contribution in [0.3, 0.4) is 0 Å². The van der Waals surface area contributed by atoms with E-state index in [1.807, 2.05) is 4.57 Å². The highest BCUT2D eigenvalue weighted by molar-refractivity contribution is 7.99. The van der Waals surface area contributed by atoms with Crippen LogP contribution in [0.4, 0.5) is 0 Å². The first-order valence-corrected chi connectivity index (χ1v) is 12.5. The number of carbonyl (C=O) groups is 1. The van der Waals surface area contributed by atoms with Crippen molar-refractivity contribution in [1.29, 1.82) is 0 Å². The number of aryl methyl sites for hydroxylation is 2. The van der Waals surface area contributed by atoms with Crippen molar-refractivity contribution in [2.24, 2.45) is 5.92 Å². The van der Waals surface area contributed by atoms with Gasteiger partial charge in [-0.15, -0.1) is 11.3 Å². The fourth-order valence-electron chi connectivity index (χ4n) is 4.55. The van der Waals surface area contributed by atoms with E-state index in [1.165, 1.54) is 60.7 Å². The lowest BCUT2D eigenvalue weighted by Crippen LogP contribution is -2.29. The molecule has 1 amide bonds. The summed E-state index contributed by atoms with van der Waals surface area (Å²) in [5.74, 6) is 1.06. The van der Waals surface area contributed by atoms with Gasteiger partial charge in [-0.2, -0.15) is 0 Å². The molecule has 2 saturated carbocycles. The zero-order chi connectivity index (χ0) is 19.1. The van der Waals surface area contributed by atoms with E-state index in [4.69, 9.17) is 4.98 Å². The van der Waals surface area contributed by atoms with Crippen LogP contribution in [0.25, 0.3) is 10.2 Å². The zero-order valence-corrected chi connectivity index (χ0v) is 17.8. The summed E-state index contributed by atoms with van der Waals surface area (Å²) < 4.78 is 1.94. The van der Waals surface area contributed by atoms with Gasteiger partial charge in [0.15, 0.2) is 5.16 Å². The van der Waals surface area contributed by atoms with Crippen LogP contribution in [-0.4, -0.2) is 27.8 Å². The monoisotopic (exact) mass is 417 g/mol. The van der Waals surface area contributed by atoms with Crippen LogP contribution >= 0.6 is 23.1 Å². The van der Waals surface area contributed by atoms with Gasteiger partial charge in [-0.3, -0.25) is 14.2 Å². The molecule has 0 aliphatic heterocycles. The molecule has 0 unspecified atom stereocenters. The second kappa shape index (κ2) is 7.82. The summed E-state index contributed by atoms with van der Waals surface area (Å²) in [5.41, 5.74) is 1.39. The molecule has 0 bridgehead atoms. The Balaban J connectivity index is 1.48. The maximum absolute atomic E-state index is 13.6. The van der Waals surface area contributed by atoms with Gasteiger partial charge in [-0.25, -0.2) is 4.98 Å². The molecular formula is C21H27N3O2S2. The highest BCUT2D eigenvalue weighted by atomic mass is 32.2. The largest absolute Gasteiger partial charge is 0.355 e. The first-order chi connectivity index (χ1) is 13.7. The smallest absolute Gasteiger partial charge is 0.263 e. The van der Waals surface area contributed by atoms with E-state index >= 15 is 0 Å². The molecule has 1 N–H and O–H groups in total. The van der Waals surface area contributed by atoms with Gasteiger partial charge in [0.2, 0.25) is 5.91 Å². The lowest BCUT2D eigenvalue weighted by Gasteiger charge is -2.18. The lowest BCUT2D eigenvalue weighted by molar-refractivity contribution is -0.118. The number of nitrogens with zero attached hydrogens (tertiary/aromatic N) is 2. The predicted octanol–water partition coefficient (Wildman–Crippen LogP) is 4.07. The average molecular weight is 418 g/mol. The topological polar surface area (TPSA) is 64.0 Å². The highest BCUT2D eigenvalue weighted by Crippen LogP contribution is 2.37. The molecule has 2 aromatic heterocycles. The lowest BCUT2D eigenvalue weighted by atomic mass is 9.97. The predicted molar refractivity (Wildman–Crippen MR) is 114 cm³/mol. The fraction of sp³-hybridized carbons (Fsp3) is 0.667. The molecule has 3 aliphatic carbocycles. The first kappa shape index (κ1) is 18.7. The summed E-state index contributed by atoms with van der Waals surface area (Å²) in [6.07, 6.45) is 11.3. The molecule has 3 aliphatic rings. The van der Waals surface area contributed by atoms with Crippen molar-refractivity contribution in [3.05, 3.63) is 20.8 Å². The van der Waals surface area contributed by atoms with E-state index < -0.39 is 0 Å². The third-order valence-corrected chi connectivity index (χ3v) is 8.43. The summed E-state index contributed by atoms with van der Waals surface area (Å²) in [6.45, 7) is 0.791. The molecule has 0 saturated heterocycles. The summed E-state index contributed by atoms with van der Waals surface area (Å²) in [4.78, 5) is 33.0. The quantitative estimate of drug-likeness (QED) is 0.568. The molecular weight excluding hydrogens is 390 g/mol. The van der Waals surface area contributed by atoms with Gasteiger partial charge in [-0.05, 0) is 62.8 Å². The number of carbonyl (C=O) groups excluding carboxylic acids is 1. The molecule has 2 fully saturated rings. The van der Waals surface area contributed by atoms with Gasteiger partial charge in [0.1, 0.15) is 4.83 Å². The first-order valence-electron chi connectivity index (χ1n) is 10.7. The van der Waals surface area contributed by atoms with Crippen LogP contribution in [0.5, 0.6) is 0 Å². The second-order valence-electron chi connectivity index (χ2n) is 8.43. The van der Waals surface area contributed by atoms with E-state index in [1.54, 1.807) is 11.3 Å². The number of fused-ring (bicyclic) bond motifs is 3. The van der Waals surface area contributed by atoms with E-state index in [0.29, 0.717) is 11.7 Å². The van der Waals surface area contributed by atoms with Crippen molar-refractivity contribution in [2.75, 3.05) is 12.3 Å². The minimum Gasteiger partial charge on any atom is -0.355 e. The Hall–Kier alpha value is -1.34. The van der Waals surface area contributed by atoms with E-state index in [2.05, 4.69) is 5.32 Å². The highest BCUT2D eigenvalue weighted by Gasteiger charge is 2.27. The number of aromatic nitrogens is 2. The Morgan fingerprint density at radius 3 is 2.71 bits per heavy atom. The molecule has 5 rings (SSSR count). The van der Waals surface area contributed by atoms with Crippen molar-refractivity contribution in [1.82, 2.24) is 14.9 Å². The number of thioether (sulfide) groups is 1. The minimum atomic E-state index is 0.0506. The Bertz CT molecular complexity index is 955. The number of amides is 1. The van der Waals surface area contributed by atoms with Gasteiger partial charge < -0.3 is 5.32 Å². The van der Waals surface area contributed by atoms with Crippen LogP contribution in [0.15, 0.2) is 9.95 Å². The summed E-state index contributed by atoms with van der Waals surface area (Å²) in [6, 6.07) is 0.237. The molecule has 0 atom stereocenters. The zero-order valence-electron chi connectivity index (χ0n) is 16.2. The van der Waals surface area contributed by atoms with Crippen molar-refractivity contribution in [3.63, 3.8) is 0 Å². The molecule has 7 heteroatoms. The standard InChI is InChI=1S/C21H27N3O2S2/c25-17(22-11-13-9-10-13)12-27-21-23-19-18(15-7-3-4-8-16(15)28-19)20(26)24(21)14-5-1-2-6-14/h13-14H,1-12H2,(H,22,25). The number of hydrogen-bond donors (Lipinski definition) is 1. The number of rotatable bonds is 6. The van der Waals surface area contributed by atoms with Gasteiger partial charge in [0.25, 0.3) is 5.56 Å². The molecule has 2 aromatic rings. The Morgan fingerprint density at radius 2 is 1.93 bits per heavy atom. The van der Waals surface area contributed by atoms with E-state index in [-0.39, 0.29) is 17.5 Å². The Labute approximate surface area is 173 Å². The van der Waals surface area contributed by atoms with Gasteiger partial charge in [0.05, 0.1) is 11.1 Å². The maximum atomic E-state index is 13.6. The fourth-order valence-corrected chi connectivity index (χ4v) is 6.75. The normalized spacial score (nSPS) is 19.9. The minimum absolute atomic E-state index is 0.0506. The van der Waals surface area contributed by atoms with Crippen molar-refractivity contribution >= 4 is 39.2 Å². The van der Waals surface area contributed by atoms with E-state index in [9.17, 15) is 9.59 Å². The third kappa shape index (κ3) is 3.63. The number of thiophene rings is 1. The Morgan fingerprint density at radius 1 is 1.14 bits per heavy atom. The second-order valence-corrected chi connectivity index (χ2v) is 10.5. The molecule has 0 aromatic carbocycles. The summed E-state index contributed by atoms with van der Waals surface area (Å²) in [7, 11) is 0. The Kier molecular flexibility index (Phi) is 5.22. The molecule has 5 nitrogen and oxygen atoms in total.